The van der Waals surface area contributed by atoms with Crippen LogP contribution in [-0.4, -0.2) is 23.7 Å². The highest BCUT2D eigenvalue weighted by molar-refractivity contribution is 7.90. The van der Waals surface area contributed by atoms with Gasteiger partial charge in [-0.2, -0.15) is 0 Å². The van der Waals surface area contributed by atoms with Crippen molar-refractivity contribution in [3.63, 3.8) is 0 Å². The Labute approximate surface area is 150 Å². The molecule has 0 fully saturated rings. The van der Waals surface area contributed by atoms with Crippen LogP contribution in [0.5, 0.6) is 0 Å². The van der Waals surface area contributed by atoms with Crippen molar-refractivity contribution in [1.82, 2.24) is 8.96 Å². The van der Waals surface area contributed by atoms with Crippen LogP contribution in [0.4, 0.5) is 0 Å². The van der Waals surface area contributed by atoms with Crippen molar-refractivity contribution in [3.8, 4) is 11.3 Å². The maximum absolute atomic E-state index is 13.2. The fourth-order valence-corrected chi connectivity index (χ4v) is 4.51. The largest absolute Gasteiger partial charge is 0.296 e. The summed E-state index contributed by atoms with van der Waals surface area (Å²) in [4.78, 5) is 16.1. The summed E-state index contributed by atoms with van der Waals surface area (Å²) < 4.78 is 27.6. The van der Waals surface area contributed by atoms with E-state index < -0.39 is 10.0 Å². The SMILES string of the molecule is O=Cc1cc2ccnc(-c3ccccc3)c2n1S(=O)(=O)c1ccccc1. The van der Waals surface area contributed by atoms with Gasteiger partial charge in [0.15, 0.2) is 6.29 Å². The van der Waals surface area contributed by atoms with Crippen molar-refractivity contribution in [2.75, 3.05) is 0 Å². The van der Waals surface area contributed by atoms with Gasteiger partial charge in [-0.25, -0.2) is 12.4 Å². The number of hydrogen-bond donors (Lipinski definition) is 0. The van der Waals surface area contributed by atoms with Crippen LogP contribution in [0.1, 0.15) is 10.5 Å². The van der Waals surface area contributed by atoms with E-state index in [9.17, 15) is 13.2 Å². The Morgan fingerprint density at radius 2 is 1.54 bits per heavy atom. The number of aldehydes is 1. The van der Waals surface area contributed by atoms with Gasteiger partial charge in [0.25, 0.3) is 10.0 Å². The number of benzene rings is 2. The van der Waals surface area contributed by atoms with Gasteiger partial charge in [-0.1, -0.05) is 48.5 Å². The summed E-state index contributed by atoms with van der Waals surface area (Å²) in [7, 11) is -3.95. The van der Waals surface area contributed by atoms with Gasteiger partial charge in [0.1, 0.15) is 0 Å². The third-order valence-corrected chi connectivity index (χ3v) is 5.89. The Hall–Kier alpha value is -3.25. The molecule has 4 aromatic rings. The molecule has 5 nitrogen and oxygen atoms in total. The van der Waals surface area contributed by atoms with Crippen LogP contribution in [0.25, 0.3) is 22.2 Å². The molecule has 0 N–H and O–H groups in total. The zero-order valence-electron chi connectivity index (χ0n) is 13.6. The number of carbonyl (C=O) groups excluding carboxylic acids is 1. The molecular formula is C20H14N2O3S. The Balaban J connectivity index is 2.11. The summed E-state index contributed by atoms with van der Waals surface area (Å²) in [6, 6.07) is 20.6. The molecule has 6 heteroatoms. The molecule has 0 amide bonds. The molecule has 0 radical (unpaired) electrons. The van der Waals surface area contributed by atoms with Crippen molar-refractivity contribution < 1.29 is 13.2 Å². The van der Waals surface area contributed by atoms with Gasteiger partial charge in [0.05, 0.1) is 21.8 Å². The fourth-order valence-electron chi connectivity index (χ4n) is 2.99. The second-order valence-electron chi connectivity index (χ2n) is 5.73. The highest BCUT2D eigenvalue weighted by Gasteiger charge is 2.25. The average molecular weight is 362 g/mol. The van der Waals surface area contributed by atoms with E-state index in [-0.39, 0.29) is 10.6 Å². The van der Waals surface area contributed by atoms with Crippen LogP contribution >= 0.6 is 0 Å². The third-order valence-electron chi connectivity index (χ3n) is 4.15. The molecule has 0 atom stereocenters. The summed E-state index contributed by atoms with van der Waals surface area (Å²) in [5.41, 5.74) is 1.74. The minimum absolute atomic E-state index is 0.0639. The predicted molar refractivity (Wildman–Crippen MR) is 99.6 cm³/mol. The van der Waals surface area contributed by atoms with Gasteiger partial charge < -0.3 is 0 Å². The van der Waals surface area contributed by atoms with Crippen LogP contribution in [-0.2, 0) is 10.0 Å². The number of aromatic nitrogens is 2. The molecule has 0 saturated carbocycles. The van der Waals surface area contributed by atoms with Gasteiger partial charge in [-0.05, 0) is 24.3 Å². The number of nitrogens with zero attached hydrogens (tertiary/aromatic N) is 2. The Morgan fingerprint density at radius 1 is 0.885 bits per heavy atom. The zero-order chi connectivity index (χ0) is 18.1. The van der Waals surface area contributed by atoms with E-state index in [1.54, 1.807) is 36.5 Å². The van der Waals surface area contributed by atoms with Gasteiger partial charge >= 0.3 is 0 Å². The predicted octanol–water partition coefficient (Wildman–Crippen LogP) is 3.75. The lowest BCUT2D eigenvalue weighted by Crippen LogP contribution is -2.16. The van der Waals surface area contributed by atoms with Crippen LogP contribution in [0.2, 0.25) is 0 Å². The smallest absolute Gasteiger partial charge is 0.268 e. The lowest BCUT2D eigenvalue weighted by Gasteiger charge is -2.12. The first-order valence-corrected chi connectivity index (χ1v) is 9.38. The minimum atomic E-state index is -3.95. The first-order valence-electron chi connectivity index (χ1n) is 7.94. The molecular weight excluding hydrogens is 348 g/mol. The van der Waals surface area contributed by atoms with Gasteiger partial charge in [0.2, 0.25) is 0 Å². The first kappa shape index (κ1) is 16.2. The quantitative estimate of drug-likeness (QED) is 0.519. The van der Waals surface area contributed by atoms with Gasteiger partial charge in [-0.3, -0.25) is 9.78 Å². The number of fused-ring (bicyclic) bond motifs is 1. The monoisotopic (exact) mass is 362 g/mol. The first-order chi connectivity index (χ1) is 12.6. The molecule has 2 heterocycles. The third kappa shape index (κ3) is 2.51. The summed E-state index contributed by atoms with van der Waals surface area (Å²) in [5, 5.41) is 0.639. The van der Waals surface area contributed by atoms with E-state index in [0.29, 0.717) is 22.9 Å². The van der Waals surface area contributed by atoms with E-state index >= 15 is 0 Å². The standard InChI is InChI=1S/C20H14N2O3S/c23-14-17-13-16-11-12-21-19(15-7-3-1-4-8-15)20(16)22(17)26(24,25)18-9-5-2-6-10-18/h1-14H. The lowest BCUT2D eigenvalue weighted by molar-refractivity contribution is 0.111. The van der Waals surface area contributed by atoms with E-state index in [1.807, 2.05) is 30.3 Å². The normalized spacial score (nSPS) is 11.5. The molecule has 0 saturated heterocycles. The van der Waals surface area contributed by atoms with Crippen LogP contribution in [0, 0.1) is 0 Å². The van der Waals surface area contributed by atoms with Crippen LogP contribution < -0.4 is 0 Å². The molecule has 128 valence electrons. The van der Waals surface area contributed by atoms with Crippen molar-refractivity contribution in [2.45, 2.75) is 4.90 Å². The number of pyridine rings is 1. The average Bonchev–Trinajstić information content (AvgIpc) is 3.09. The molecule has 0 aliphatic heterocycles. The summed E-state index contributed by atoms with van der Waals surface area (Å²) in [6.45, 7) is 0. The Kier molecular flexibility index (Phi) is 3.89. The molecule has 26 heavy (non-hydrogen) atoms. The van der Waals surface area contributed by atoms with Gasteiger partial charge in [0, 0.05) is 17.1 Å². The summed E-state index contributed by atoms with van der Waals surface area (Å²) >= 11 is 0. The number of rotatable bonds is 4. The van der Waals surface area contributed by atoms with Crippen LogP contribution in [0.15, 0.2) is 83.9 Å². The van der Waals surface area contributed by atoms with E-state index in [2.05, 4.69) is 4.98 Å². The minimum Gasteiger partial charge on any atom is -0.296 e. The molecule has 0 aliphatic carbocycles. The molecule has 0 spiro atoms. The molecule has 0 unspecified atom stereocenters. The maximum Gasteiger partial charge on any atom is 0.268 e. The fraction of sp³-hybridized carbons (Fsp3) is 0. The van der Waals surface area contributed by atoms with E-state index in [0.717, 1.165) is 9.54 Å². The summed E-state index contributed by atoms with van der Waals surface area (Å²) in [5.74, 6) is 0. The van der Waals surface area contributed by atoms with Crippen molar-refractivity contribution in [3.05, 3.63) is 84.7 Å². The second kappa shape index (κ2) is 6.24. The molecule has 4 rings (SSSR count). The lowest BCUT2D eigenvalue weighted by atomic mass is 10.1. The van der Waals surface area contributed by atoms with Crippen molar-refractivity contribution in [2.24, 2.45) is 0 Å². The Bertz CT molecular complexity index is 1200. The Morgan fingerprint density at radius 3 is 2.19 bits per heavy atom. The topological polar surface area (TPSA) is 69.0 Å². The second-order valence-corrected chi connectivity index (χ2v) is 7.52. The van der Waals surface area contributed by atoms with Crippen molar-refractivity contribution >= 4 is 27.2 Å². The highest BCUT2D eigenvalue weighted by atomic mass is 32.2. The van der Waals surface area contributed by atoms with E-state index in [4.69, 9.17) is 0 Å². The molecule has 2 aromatic carbocycles. The maximum atomic E-state index is 13.2. The molecule has 0 aliphatic rings. The van der Waals surface area contributed by atoms with Crippen molar-refractivity contribution in [1.29, 1.82) is 0 Å². The van der Waals surface area contributed by atoms with Gasteiger partial charge in [-0.15, -0.1) is 0 Å². The number of carbonyl (C=O) groups is 1. The zero-order valence-corrected chi connectivity index (χ0v) is 14.4. The number of hydrogen-bond acceptors (Lipinski definition) is 4. The molecule has 2 aromatic heterocycles. The molecule has 0 bridgehead atoms. The van der Waals surface area contributed by atoms with Crippen LogP contribution in [0.3, 0.4) is 0 Å². The highest BCUT2D eigenvalue weighted by Crippen LogP contribution is 2.31. The van der Waals surface area contributed by atoms with E-state index in [1.165, 1.54) is 12.1 Å². The summed E-state index contributed by atoms with van der Waals surface area (Å²) in [6.07, 6.45) is 2.16.